The maximum Gasteiger partial charge on any atom is 0.225 e. The number of anilines is 2. The zero-order valence-electron chi connectivity index (χ0n) is 16.8. The standard InChI is InChI=1S/C20H24N6O3/c1-27-15-10-14-16(18(29-3)17(15)28-2)23-12-24-19(14)25-13-6-4-9-26(11-13)20-21-7-5-8-22-20/h5,7-8,10,12-13H,4,6,9,11H2,1-3H3,(H,23,24,25). The SMILES string of the molecule is COc1cc2c(NC3CCCN(c4ncccn4)C3)ncnc2c(OC)c1OC. The molecule has 29 heavy (non-hydrogen) atoms. The molecule has 0 amide bonds. The molecule has 0 radical (unpaired) electrons. The maximum atomic E-state index is 5.56. The highest BCUT2D eigenvalue weighted by Gasteiger charge is 2.24. The summed E-state index contributed by atoms with van der Waals surface area (Å²) in [6.07, 6.45) is 7.13. The lowest BCUT2D eigenvalue weighted by molar-refractivity contribution is 0.327. The molecule has 4 rings (SSSR count). The third kappa shape index (κ3) is 3.67. The Morgan fingerprint density at radius 2 is 1.79 bits per heavy atom. The van der Waals surface area contributed by atoms with Gasteiger partial charge in [-0.3, -0.25) is 0 Å². The van der Waals surface area contributed by atoms with E-state index in [9.17, 15) is 0 Å². The van der Waals surface area contributed by atoms with Crippen LogP contribution in [0.25, 0.3) is 10.9 Å². The minimum absolute atomic E-state index is 0.199. The quantitative estimate of drug-likeness (QED) is 0.674. The molecule has 0 bridgehead atoms. The summed E-state index contributed by atoms with van der Waals surface area (Å²) in [6, 6.07) is 3.90. The van der Waals surface area contributed by atoms with Crippen LogP contribution < -0.4 is 24.4 Å². The van der Waals surface area contributed by atoms with Crippen molar-refractivity contribution in [2.75, 3.05) is 44.6 Å². The summed E-state index contributed by atoms with van der Waals surface area (Å²) >= 11 is 0. The second-order valence-electron chi connectivity index (χ2n) is 6.74. The van der Waals surface area contributed by atoms with Crippen LogP contribution in [0.15, 0.2) is 30.9 Å². The Labute approximate surface area is 169 Å². The molecule has 1 atom stereocenters. The second-order valence-corrected chi connectivity index (χ2v) is 6.74. The van der Waals surface area contributed by atoms with Gasteiger partial charge < -0.3 is 24.4 Å². The molecular weight excluding hydrogens is 372 g/mol. The fraction of sp³-hybridized carbons (Fsp3) is 0.400. The fourth-order valence-corrected chi connectivity index (χ4v) is 3.70. The predicted molar refractivity (Wildman–Crippen MR) is 110 cm³/mol. The number of rotatable bonds is 6. The van der Waals surface area contributed by atoms with Gasteiger partial charge in [0.25, 0.3) is 0 Å². The van der Waals surface area contributed by atoms with Gasteiger partial charge >= 0.3 is 0 Å². The third-order valence-corrected chi connectivity index (χ3v) is 5.03. The normalized spacial score (nSPS) is 16.5. The molecule has 1 unspecified atom stereocenters. The van der Waals surface area contributed by atoms with E-state index < -0.39 is 0 Å². The molecule has 0 aliphatic carbocycles. The van der Waals surface area contributed by atoms with Crippen molar-refractivity contribution >= 4 is 22.7 Å². The summed E-state index contributed by atoms with van der Waals surface area (Å²) in [7, 11) is 4.76. The van der Waals surface area contributed by atoms with Crippen molar-refractivity contribution in [3.05, 3.63) is 30.9 Å². The summed E-state index contributed by atoms with van der Waals surface area (Å²) in [5.74, 6) is 3.08. The van der Waals surface area contributed by atoms with Crippen molar-refractivity contribution in [2.24, 2.45) is 0 Å². The van der Waals surface area contributed by atoms with Crippen molar-refractivity contribution in [1.82, 2.24) is 19.9 Å². The average Bonchev–Trinajstić information content (AvgIpc) is 2.78. The molecule has 1 fully saturated rings. The molecule has 1 aliphatic rings. The number of nitrogens with zero attached hydrogens (tertiary/aromatic N) is 5. The van der Waals surface area contributed by atoms with Crippen LogP contribution in [0.3, 0.4) is 0 Å². The van der Waals surface area contributed by atoms with Crippen molar-refractivity contribution in [3.63, 3.8) is 0 Å². The largest absolute Gasteiger partial charge is 0.493 e. The van der Waals surface area contributed by atoms with Crippen LogP contribution in [0.2, 0.25) is 0 Å². The molecule has 1 aliphatic heterocycles. The Balaban J connectivity index is 1.66. The number of fused-ring (bicyclic) bond motifs is 1. The Kier molecular flexibility index (Phi) is 5.46. The number of hydrogen-bond acceptors (Lipinski definition) is 9. The van der Waals surface area contributed by atoms with E-state index in [1.54, 1.807) is 33.7 Å². The van der Waals surface area contributed by atoms with Gasteiger partial charge in [-0.2, -0.15) is 0 Å². The van der Waals surface area contributed by atoms with E-state index >= 15 is 0 Å². The molecule has 3 aromatic rings. The Hall–Kier alpha value is -3.36. The van der Waals surface area contributed by atoms with Crippen LogP contribution in [-0.2, 0) is 0 Å². The van der Waals surface area contributed by atoms with Gasteiger partial charge in [-0.1, -0.05) is 0 Å². The summed E-state index contributed by atoms with van der Waals surface area (Å²) in [5, 5.41) is 4.38. The van der Waals surface area contributed by atoms with Crippen LogP contribution in [0, 0.1) is 0 Å². The summed E-state index contributed by atoms with van der Waals surface area (Å²) in [4.78, 5) is 19.8. The Bertz CT molecular complexity index is 985. The van der Waals surface area contributed by atoms with Gasteiger partial charge in [-0.25, -0.2) is 19.9 Å². The van der Waals surface area contributed by atoms with Crippen molar-refractivity contribution in [1.29, 1.82) is 0 Å². The monoisotopic (exact) mass is 396 g/mol. The molecule has 1 aromatic carbocycles. The van der Waals surface area contributed by atoms with Crippen LogP contribution in [0.1, 0.15) is 12.8 Å². The molecular formula is C20H24N6O3. The topological polar surface area (TPSA) is 94.5 Å². The van der Waals surface area contributed by atoms with Crippen LogP contribution in [0.5, 0.6) is 17.2 Å². The average molecular weight is 396 g/mol. The van der Waals surface area contributed by atoms with Crippen LogP contribution >= 0.6 is 0 Å². The summed E-state index contributed by atoms with van der Waals surface area (Å²) < 4.78 is 16.5. The van der Waals surface area contributed by atoms with Gasteiger partial charge in [0.2, 0.25) is 11.7 Å². The number of benzene rings is 1. The summed E-state index contributed by atoms with van der Waals surface area (Å²) in [6.45, 7) is 1.73. The first-order valence-corrected chi connectivity index (χ1v) is 9.47. The minimum atomic E-state index is 0.199. The first kappa shape index (κ1) is 19.0. The third-order valence-electron chi connectivity index (χ3n) is 5.03. The molecule has 2 aromatic heterocycles. The number of aromatic nitrogens is 4. The predicted octanol–water partition coefficient (Wildman–Crippen LogP) is 2.53. The van der Waals surface area contributed by atoms with Gasteiger partial charge in [0.15, 0.2) is 11.5 Å². The van der Waals surface area contributed by atoms with E-state index in [4.69, 9.17) is 14.2 Å². The second kappa shape index (κ2) is 8.34. The molecule has 152 valence electrons. The molecule has 9 nitrogen and oxygen atoms in total. The fourth-order valence-electron chi connectivity index (χ4n) is 3.70. The highest BCUT2D eigenvalue weighted by atomic mass is 16.5. The van der Waals surface area contributed by atoms with Crippen molar-refractivity contribution in [2.45, 2.75) is 18.9 Å². The zero-order chi connectivity index (χ0) is 20.2. The van der Waals surface area contributed by atoms with E-state index in [0.29, 0.717) is 22.8 Å². The summed E-state index contributed by atoms with van der Waals surface area (Å²) in [5.41, 5.74) is 0.668. The molecule has 0 saturated carbocycles. The lowest BCUT2D eigenvalue weighted by atomic mass is 10.1. The molecule has 9 heteroatoms. The molecule has 0 spiro atoms. The smallest absolute Gasteiger partial charge is 0.225 e. The van der Waals surface area contributed by atoms with Crippen molar-refractivity contribution in [3.8, 4) is 17.2 Å². The molecule has 1 N–H and O–H groups in total. The lowest BCUT2D eigenvalue weighted by Gasteiger charge is -2.33. The molecule has 1 saturated heterocycles. The van der Waals surface area contributed by atoms with Crippen molar-refractivity contribution < 1.29 is 14.2 Å². The lowest BCUT2D eigenvalue weighted by Crippen LogP contribution is -2.43. The minimum Gasteiger partial charge on any atom is -0.493 e. The highest BCUT2D eigenvalue weighted by molar-refractivity contribution is 5.96. The van der Waals surface area contributed by atoms with Crippen LogP contribution in [0.4, 0.5) is 11.8 Å². The van der Waals surface area contributed by atoms with Gasteiger partial charge in [-0.05, 0) is 25.0 Å². The first-order chi connectivity index (χ1) is 14.2. The maximum absolute atomic E-state index is 5.56. The van der Waals surface area contributed by atoms with Gasteiger partial charge in [0.1, 0.15) is 17.7 Å². The zero-order valence-corrected chi connectivity index (χ0v) is 16.8. The van der Waals surface area contributed by atoms with Crippen LogP contribution in [-0.4, -0.2) is 60.4 Å². The highest BCUT2D eigenvalue weighted by Crippen LogP contribution is 2.43. The number of methoxy groups -OCH3 is 3. The number of piperidine rings is 1. The molecule has 3 heterocycles. The van der Waals surface area contributed by atoms with Gasteiger partial charge in [0.05, 0.1) is 26.7 Å². The van der Waals surface area contributed by atoms with E-state index in [0.717, 1.165) is 43.1 Å². The number of ether oxygens (including phenoxy) is 3. The van der Waals surface area contributed by atoms with Gasteiger partial charge in [-0.15, -0.1) is 0 Å². The Morgan fingerprint density at radius 3 is 2.52 bits per heavy atom. The van der Waals surface area contributed by atoms with E-state index in [-0.39, 0.29) is 6.04 Å². The van der Waals surface area contributed by atoms with Gasteiger partial charge in [0, 0.05) is 31.5 Å². The van der Waals surface area contributed by atoms with E-state index in [2.05, 4.69) is 30.2 Å². The Morgan fingerprint density at radius 1 is 1.00 bits per heavy atom. The number of nitrogens with one attached hydrogen (secondary N) is 1. The van der Waals surface area contributed by atoms with E-state index in [1.165, 1.54) is 6.33 Å². The number of hydrogen-bond donors (Lipinski definition) is 1. The first-order valence-electron chi connectivity index (χ1n) is 9.47. The van der Waals surface area contributed by atoms with E-state index in [1.807, 2.05) is 12.1 Å².